The van der Waals surface area contributed by atoms with E-state index in [0.29, 0.717) is 5.69 Å². The molecule has 0 aliphatic heterocycles. The second kappa shape index (κ2) is 4.73. The summed E-state index contributed by atoms with van der Waals surface area (Å²) < 4.78 is 19.5. The quantitative estimate of drug-likeness (QED) is 0.643. The molecule has 1 atom stereocenters. The number of urea groups is 1. The third kappa shape index (κ3) is 2.82. The van der Waals surface area contributed by atoms with E-state index in [1.807, 2.05) is 0 Å². The maximum Gasteiger partial charge on any atom is 0.318 e. The number of rotatable bonds is 2. The predicted octanol–water partition coefficient (Wildman–Crippen LogP) is 1.02. The van der Waals surface area contributed by atoms with Gasteiger partial charge < -0.3 is 15.2 Å². The molecule has 1 rings (SSSR count). The summed E-state index contributed by atoms with van der Waals surface area (Å²) in [7, 11) is 1.49. The number of carbonyl (C=O) groups excluding carboxylic acids is 1. The molecule has 0 aromatic heterocycles. The molecule has 0 radical (unpaired) electrons. The topological polar surface area (TPSA) is 78.4 Å². The van der Waals surface area contributed by atoms with Gasteiger partial charge in [-0.1, -0.05) is 6.07 Å². The van der Waals surface area contributed by atoms with Crippen molar-refractivity contribution in [2.24, 2.45) is 0 Å². The van der Waals surface area contributed by atoms with Gasteiger partial charge >= 0.3 is 6.03 Å². The van der Waals surface area contributed by atoms with Crippen LogP contribution in [0.2, 0.25) is 0 Å². The summed E-state index contributed by atoms with van der Waals surface area (Å²) in [5.74, 6) is 0. The first-order valence-corrected chi connectivity index (χ1v) is 4.94. The van der Waals surface area contributed by atoms with Crippen molar-refractivity contribution in [3.63, 3.8) is 0 Å². The molecule has 1 unspecified atom stereocenters. The molecule has 76 valence electrons. The molecule has 0 saturated heterocycles. The van der Waals surface area contributed by atoms with Crippen molar-refractivity contribution in [3.8, 4) is 0 Å². The monoisotopic (exact) mass is 214 g/mol. The Kier molecular flexibility index (Phi) is 3.61. The van der Waals surface area contributed by atoms with Gasteiger partial charge in [-0.05, 0) is 18.2 Å². The van der Waals surface area contributed by atoms with Crippen molar-refractivity contribution in [2.75, 3.05) is 12.4 Å². The van der Waals surface area contributed by atoms with E-state index in [4.69, 9.17) is 4.55 Å². The van der Waals surface area contributed by atoms with Crippen LogP contribution in [0.5, 0.6) is 0 Å². The molecule has 0 spiro atoms. The predicted molar refractivity (Wildman–Crippen MR) is 53.6 cm³/mol. The zero-order valence-corrected chi connectivity index (χ0v) is 8.30. The zero-order valence-electron chi connectivity index (χ0n) is 7.48. The molecular weight excluding hydrogens is 204 g/mol. The number of hydrogen-bond donors (Lipinski definition) is 3. The maximum absolute atomic E-state index is 10.9. The molecule has 0 saturated carbocycles. The fourth-order valence-electron chi connectivity index (χ4n) is 0.876. The highest BCUT2D eigenvalue weighted by Crippen LogP contribution is 2.12. The number of hydrogen-bond acceptors (Lipinski definition) is 2. The smallest absolute Gasteiger partial charge is 0.318 e. The summed E-state index contributed by atoms with van der Waals surface area (Å²) in [6.45, 7) is 0. The van der Waals surface area contributed by atoms with E-state index in [9.17, 15) is 9.00 Å². The van der Waals surface area contributed by atoms with Crippen molar-refractivity contribution in [1.29, 1.82) is 0 Å². The molecule has 3 N–H and O–H groups in total. The summed E-state index contributed by atoms with van der Waals surface area (Å²) in [4.78, 5) is 11.2. The third-order valence-corrected chi connectivity index (χ3v) is 2.18. The molecule has 14 heavy (non-hydrogen) atoms. The minimum absolute atomic E-state index is 0.249. The first-order valence-electron chi connectivity index (χ1n) is 3.83. The average molecular weight is 214 g/mol. The molecule has 1 aromatic rings. The highest BCUT2D eigenvalue weighted by atomic mass is 32.2. The fraction of sp³-hybridized carbons (Fsp3) is 0.125. The molecule has 2 amide bonds. The minimum Gasteiger partial charge on any atom is -0.341 e. The second-order valence-corrected chi connectivity index (χ2v) is 3.45. The molecule has 0 heterocycles. The van der Waals surface area contributed by atoms with Crippen LogP contribution >= 0.6 is 0 Å². The van der Waals surface area contributed by atoms with Crippen molar-refractivity contribution >= 4 is 22.8 Å². The van der Waals surface area contributed by atoms with E-state index >= 15 is 0 Å². The van der Waals surface area contributed by atoms with Crippen molar-refractivity contribution in [2.45, 2.75) is 4.90 Å². The van der Waals surface area contributed by atoms with Gasteiger partial charge in [0.15, 0.2) is 11.1 Å². The Bertz CT molecular complexity index is 367. The van der Waals surface area contributed by atoms with Gasteiger partial charge in [0, 0.05) is 12.7 Å². The Morgan fingerprint density at radius 2 is 2.21 bits per heavy atom. The lowest BCUT2D eigenvalue weighted by Gasteiger charge is -2.04. The molecule has 1 aromatic carbocycles. The summed E-state index contributed by atoms with van der Waals surface area (Å²) in [6, 6.07) is 5.79. The number of nitrogens with one attached hydrogen (secondary N) is 2. The van der Waals surface area contributed by atoms with Crippen LogP contribution in [0.25, 0.3) is 0 Å². The average Bonchev–Trinajstić information content (AvgIpc) is 2.18. The molecule has 0 fully saturated rings. The number of carbonyl (C=O) groups is 1. The van der Waals surface area contributed by atoms with Gasteiger partial charge in [-0.25, -0.2) is 9.00 Å². The summed E-state index contributed by atoms with van der Waals surface area (Å²) >= 11 is -2.03. The Labute approximate surface area is 83.8 Å². The standard InChI is InChI=1S/C8H10N2O3S/c1-9-8(11)10-6-3-2-4-7(5-6)14(12)13/h2-5H,1H3,(H,12,13)(H2,9,10,11). The number of amides is 2. The van der Waals surface area contributed by atoms with Crippen molar-refractivity contribution in [3.05, 3.63) is 24.3 Å². The van der Waals surface area contributed by atoms with Crippen LogP contribution in [0.1, 0.15) is 0 Å². The lowest BCUT2D eigenvalue weighted by molar-refractivity contribution is 0.254. The highest BCUT2D eigenvalue weighted by Gasteiger charge is 2.02. The van der Waals surface area contributed by atoms with Gasteiger partial charge in [-0.3, -0.25) is 0 Å². The first-order chi connectivity index (χ1) is 6.63. The Balaban J connectivity index is 2.83. The number of anilines is 1. The second-order valence-electron chi connectivity index (χ2n) is 2.48. The van der Waals surface area contributed by atoms with Gasteiger partial charge in [0.05, 0.1) is 4.90 Å². The Morgan fingerprint density at radius 1 is 1.50 bits per heavy atom. The van der Waals surface area contributed by atoms with E-state index < -0.39 is 11.1 Å². The summed E-state index contributed by atoms with van der Waals surface area (Å²) in [6.07, 6.45) is 0. The van der Waals surface area contributed by atoms with Crippen LogP contribution < -0.4 is 10.6 Å². The van der Waals surface area contributed by atoms with Crippen LogP contribution in [0, 0.1) is 0 Å². The largest absolute Gasteiger partial charge is 0.341 e. The Hall–Kier alpha value is -1.40. The summed E-state index contributed by atoms with van der Waals surface area (Å²) in [5.41, 5.74) is 0.476. The van der Waals surface area contributed by atoms with Gasteiger partial charge in [0.1, 0.15) is 0 Å². The molecule has 0 bridgehead atoms. The van der Waals surface area contributed by atoms with Gasteiger partial charge in [-0.15, -0.1) is 0 Å². The van der Waals surface area contributed by atoms with E-state index in [0.717, 1.165) is 0 Å². The van der Waals surface area contributed by atoms with Crippen molar-refractivity contribution in [1.82, 2.24) is 5.32 Å². The molecular formula is C8H10N2O3S. The van der Waals surface area contributed by atoms with Crippen LogP contribution in [-0.2, 0) is 11.1 Å². The molecule has 0 aliphatic rings. The van der Waals surface area contributed by atoms with Crippen molar-refractivity contribution < 1.29 is 13.6 Å². The van der Waals surface area contributed by atoms with E-state index in [1.54, 1.807) is 12.1 Å². The molecule has 0 aliphatic carbocycles. The lowest BCUT2D eigenvalue weighted by atomic mass is 10.3. The van der Waals surface area contributed by atoms with Crippen LogP contribution in [0.4, 0.5) is 10.5 Å². The van der Waals surface area contributed by atoms with Gasteiger partial charge in [0.2, 0.25) is 0 Å². The maximum atomic E-state index is 10.9. The first kappa shape index (κ1) is 10.7. The Morgan fingerprint density at radius 3 is 2.79 bits per heavy atom. The van der Waals surface area contributed by atoms with E-state index in [1.165, 1.54) is 19.2 Å². The van der Waals surface area contributed by atoms with Gasteiger partial charge in [-0.2, -0.15) is 0 Å². The van der Waals surface area contributed by atoms with E-state index in [2.05, 4.69) is 10.6 Å². The SMILES string of the molecule is CNC(=O)Nc1cccc(S(=O)O)c1. The van der Waals surface area contributed by atoms with Crippen LogP contribution in [-0.4, -0.2) is 21.8 Å². The summed E-state index contributed by atoms with van der Waals surface area (Å²) in [5, 5.41) is 4.86. The van der Waals surface area contributed by atoms with Crippen LogP contribution in [0.15, 0.2) is 29.2 Å². The molecule has 6 heteroatoms. The fourth-order valence-corrected chi connectivity index (χ4v) is 1.30. The van der Waals surface area contributed by atoms with Gasteiger partial charge in [0.25, 0.3) is 0 Å². The minimum atomic E-state index is -2.03. The van der Waals surface area contributed by atoms with Crippen LogP contribution in [0.3, 0.4) is 0 Å². The van der Waals surface area contributed by atoms with E-state index in [-0.39, 0.29) is 10.9 Å². The zero-order chi connectivity index (χ0) is 10.6. The lowest BCUT2D eigenvalue weighted by Crippen LogP contribution is -2.24. The normalized spacial score (nSPS) is 11.9. The number of benzene rings is 1. The highest BCUT2D eigenvalue weighted by molar-refractivity contribution is 7.79. The molecule has 5 nitrogen and oxygen atoms in total. The third-order valence-electron chi connectivity index (χ3n) is 1.52.